The molecule has 0 spiro atoms. The molecule has 0 atom stereocenters. The van der Waals surface area contributed by atoms with E-state index in [1.807, 2.05) is 6.07 Å². The van der Waals surface area contributed by atoms with E-state index in [2.05, 4.69) is 4.98 Å². The highest BCUT2D eigenvalue weighted by atomic mass is 35.5. The van der Waals surface area contributed by atoms with Crippen LogP contribution < -0.4 is 4.74 Å². The number of thiophene rings is 1. The largest absolute Gasteiger partial charge is 0.481 e. The Hall–Kier alpha value is -1.39. The van der Waals surface area contributed by atoms with Gasteiger partial charge in [0, 0.05) is 11.1 Å². The van der Waals surface area contributed by atoms with Gasteiger partial charge in [-0.3, -0.25) is 4.79 Å². The van der Waals surface area contributed by atoms with Crippen molar-refractivity contribution in [3.8, 4) is 16.3 Å². The lowest BCUT2D eigenvalue weighted by Gasteiger charge is -2.05. The molecule has 0 radical (unpaired) electrons. The second-order valence-electron chi connectivity index (χ2n) is 3.43. The lowest BCUT2D eigenvalue weighted by molar-refractivity contribution is 0.102. The molecule has 0 bridgehead atoms. The van der Waals surface area contributed by atoms with Crippen LogP contribution >= 0.6 is 22.9 Å². The lowest BCUT2D eigenvalue weighted by atomic mass is 10.2. The Bertz CT molecular complexity index is 565. The number of Topliss-reactive ketones (excluding diaryl/α,β-unsaturated/α-hetero) is 1. The number of carbonyl (C=O) groups is 1. The van der Waals surface area contributed by atoms with Crippen molar-refractivity contribution in [2.24, 2.45) is 0 Å². The number of halogens is 1. The minimum atomic E-state index is 0.0511. The standard InChI is InChI=1S/C12H10ClNO2S/c1-7(15)10-3-4-11(17-10)9-5-8(13)6-14-12(9)16-2/h3-6H,1-2H3. The Morgan fingerprint density at radius 3 is 2.82 bits per heavy atom. The maximum Gasteiger partial charge on any atom is 0.221 e. The number of pyridine rings is 1. The van der Waals surface area contributed by atoms with Gasteiger partial charge < -0.3 is 4.74 Å². The molecule has 0 N–H and O–H groups in total. The van der Waals surface area contributed by atoms with Gasteiger partial charge in [0.2, 0.25) is 5.88 Å². The smallest absolute Gasteiger partial charge is 0.221 e. The number of ether oxygens (including phenoxy) is 1. The number of rotatable bonds is 3. The number of ketones is 1. The fraction of sp³-hybridized carbons (Fsp3) is 0.167. The Labute approximate surface area is 108 Å². The van der Waals surface area contributed by atoms with Crippen LogP contribution in [0.5, 0.6) is 5.88 Å². The molecule has 0 saturated heterocycles. The van der Waals surface area contributed by atoms with E-state index in [0.29, 0.717) is 15.8 Å². The summed E-state index contributed by atoms with van der Waals surface area (Å²) in [5.74, 6) is 0.557. The number of carbonyl (C=O) groups excluding carboxylic acids is 1. The molecule has 0 aromatic carbocycles. The zero-order valence-electron chi connectivity index (χ0n) is 9.36. The Balaban J connectivity index is 2.51. The van der Waals surface area contributed by atoms with Gasteiger partial charge in [-0.2, -0.15) is 0 Å². The molecule has 2 rings (SSSR count). The van der Waals surface area contributed by atoms with E-state index in [1.165, 1.54) is 17.5 Å². The molecule has 2 heterocycles. The molecule has 0 aliphatic carbocycles. The van der Waals surface area contributed by atoms with E-state index in [4.69, 9.17) is 16.3 Å². The minimum absolute atomic E-state index is 0.0511. The second kappa shape index (κ2) is 4.85. The summed E-state index contributed by atoms with van der Waals surface area (Å²) in [6.07, 6.45) is 1.53. The third-order valence-corrected chi connectivity index (χ3v) is 3.66. The zero-order chi connectivity index (χ0) is 12.4. The van der Waals surface area contributed by atoms with Crippen LogP contribution in [-0.2, 0) is 0 Å². The Morgan fingerprint density at radius 1 is 1.47 bits per heavy atom. The van der Waals surface area contributed by atoms with Crippen LogP contribution in [-0.4, -0.2) is 17.9 Å². The van der Waals surface area contributed by atoms with Crippen LogP contribution in [0.2, 0.25) is 5.02 Å². The van der Waals surface area contributed by atoms with E-state index >= 15 is 0 Å². The average Bonchev–Trinajstić information content (AvgIpc) is 2.78. The molecule has 0 aliphatic rings. The van der Waals surface area contributed by atoms with Gasteiger partial charge in [0.05, 0.1) is 22.6 Å². The Kier molecular flexibility index (Phi) is 3.45. The Morgan fingerprint density at radius 2 is 2.24 bits per heavy atom. The number of aromatic nitrogens is 1. The molecule has 2 aromatic heterocycles. The predicted molar refractivity (Wildman–Crippen MR) is 69.1 cm³/mol. The topological polar surface area (TPSA) is 39.2 Å². The predicted octanol–water partition coefficient (Wildman–Crippen LogP) is 3.67. The second-order valence-corrected chi connectivity index (χ2v) is 4.95. The molecule has 2 aromatic rings. The van der Waals surface area contributed by atoms with E-state index in [0.717, 1.165) is 10.4 Å². The van der Waals surface area contributed by atoms with Crippen LogP contribution in [0.4, 0.5) is 0 Å². The highest BCUT2D eigenvalue weighted by Gasteiger charge is 2.12. The summed E-state index contributed by atoms with van der Waals surface area (Å²) < 4.78 is 5.18. The molecule has 0 fully saturated rings. The fourth-order valence-electron chi connectivity index (χ4n) is 1.44. The van der Waals surface area contributed by atoms with Gasteiger partial charge in [-0.15, -0.1) is 11.3 Å². The van der Waals surface area contributed by atoms with Crippen molar-refractivity contribution < 1.29 is 9.53 Å². The van der Waals surface area contributed by atoms with Gasteiger partial charge in [-0.05, 0) is 25.1 Å². The van der Waals surface area contributed by atoms with Gasteiger partial charge in [0.1, 0.15) is 0 Å². The summed E-state index contributed by atoms with van der Waals surface area (Å²) in [6.45, 7) is 1.54. The lowest BCUT2D eigenvalue weighted by Crippen LogP contribution is -1.90. The van der Waals surface area contributed by atoms with Crippen LogP contribution in [0, 0.1) is 0 Å². The molecule has 0 amide bonds. The van der Waals surface area contributed by atoms with E-state index in [-0.39, 0.29) is 5.78 Å². The van der Waals surface area contributed by atoms with Gasteiger partial charge in [-0.25, -0.2) is 4.98 Å². The maximum absolute atomic E-state index is 11.2. The molecular formula is C12H10ClNO2S. The highest BCUT2D eigenvalue weighted by Crippen LogP contribution is 2.35. The van der Waals surface area contributed by atoms with Crippen molar-refractivity contribution in [2.75, 3.05) is 7.11 Å². The number of nitrogens with zero attached hydrogens (tertiary/aromatic N) is 1. The monoisotopic (exact) mass is 267 g/mol. The van der Waals surface area contributed by atoms with Gasteiger partial charge in [-0.1, -0.05) is 11.6 Å². The van der Waals surface area contributed by atoms with Crippen molar-refractivity contribution in [3.05, 3.63) is 34.3 Å². The van der Waals surface area contributed by atoms with Crippen molar-refractivity contribution in [3.63, 3.8) is 0 Å². The third-order valence-electron chi connectivity index (χ3n) is 2.23. The normalized spacial score (nSPS) is 10.3. The summed E-state index contributed by atoms with van der Waals surface area (Å²) in [6, 6.07) is 5.45. The fourth-order valence-corrected chi connectivity index (χ4v) is 2.50. The minimum Gasteiger partial charge on any atom is -0.481 e. The highest BCUT2D eigenvalue weighted by molar-refractivity contribution is 7.17. The van der Waals surface area contributed by atoms with Gasteiger partial charge >= 0.3 is 0 Å². The van der Waals surface area contributed by atoms with Crippen LogP contribution in [0.3, 0.4) is 0 Å². The SMILES string of the molecule is COc1ncc(Cl)cc1-c1ccc(C(C)=O)s1. The summed E-state index contributed by atoms with van der Waals surface area (Å²) in [5, 5.41) is 0.540. The number of hydrogen-bond acceptors (Lipinski definition) is 4. The van der Waals surface area contributed by atoms with Crippen LogP contribution in [0.15, 0.2) is 24.4 Å². The third kappa shape index (κ3) is 2.48. The van der Waals surface area contributed by atoms with E-state index < -0.39 is 0 Å². The van der Waals surface area contributed by atoms with Gasteiger partial charge in [0.25, 0.3) is 0 Å². The zero-order valence-corrected chi connectivity index (χ0v) is 10.9. The summed E-state index contributed by atoms with van der Waals surface area (Å²) in [7, 11) is 1.55. The van der Waals surface area contributed by atoms with Crippen molar-refractivity contribution in [1.82, 2.24) is 4.98 Å². The summed E-state index contributed by atoms with van der Waals surface area (Å²) >= 11 is 7.32. The molecule has 5 heteroatoms. The molecule has 0 unspecified atom stereocenters. The van der Waals surface area contributed by atoms with Crippen LogP contribution in [0.1, 0.15) is 16.6 Å². The molecule has 0 aliphatic heterocycles. The van der Waals surface area contributed by atoms with Crippen molar-refractivity contribution >= 4 is 28.7 Å². The first kappa shape index (κ1) is 12.1. The summed E-state index contributed by atoms with van der Waals surface area (Å²) in [4.78, 5) is 17.0. The van der Waals surface area contributed by atoms with Crippen molar-refractivity contribution in [1.29, 1.82) is 0 Å². The van der Waals surface area contributed by atoms with Crippen LogP contribution in [0.25, 0.3) is 10.4 Å². The summed E-state index contributed by atoms with van der Waals surface area (Å²) in [5.41, 5.74) is 0.803. The molecule has 3 nitrogen and oxygen atoms in total. The quantitative estimate of drug-likeness (QED) is 0.797. The number of methoxy groups -OCH3 is 1. The first-order chi connectivity index (χ1) is 8.11. The molecule has 88 valence electrons. The first-order valence-corrected chi connectivity index (χ1v) is 6.12. The van der Waals surface area contributed by atoms with E-state index in [1.54, 1.807) is 26.2 Å². The number of hydrogen-bond donors (Lipinski definition) is 0. The first-order valence-electron chi connectivity index (χ1n) is 4.92. The average molecular weight is 268 g/mol. The van der Waals surface area contributed by atoms with Gasteiger partial charge in [0.15, 0.2) is 5.78 Å². The van der Waals surface area contributed by atoms with E-state index in [9.17, 15) is 4.79 Å². The molecule has 17 heavy (non-hydrogen) atoms. The maximum atomic E-state index is 11.2. The molecule has 0 saturated carbocycles. The molecular weight excluding hydrogens is 258 g/mol. The van der Waals surface area contributed by atoms with Crippen molar-refractivity contribution in [2.45, 2.75) is 6.92 Å².